The molecule has 144 valence electrons. The maximum Gasteiger partial charge on any atom is 0.196 e. The number of aliphatic hydroxyl groups excluding tert-OH is 1. The van der Waals surface area contributed by atoms with Gasteiger partial charge < -0.3 is 19.0 Å². The number of rotatable bonds is 8. The Morgan fingerprint density at radius 1 is 1.15 bits per heavy atom. The van der Waals surface area contributed by atoms with E-state index in [0.29, 0.717) is 54.2 Å². The van der Waals surface area contributed by atoms with Crippen LogP contribution in [0.5, 0.6) is 11.5 Å². The fourth-order valence-electron chi connectivity index (χ4n) is 2.87. The van der Waals surface area contributed by atoms with Crippen molar-refractivity contribution in [3.8, 4) is 23.1 Å². The number of aliphatic hydroxyl groups is 1. The predicted molar refractivity (Wildman–Crippen MR) is 99.1 cm³/mol. The van der Waals surface area contributed by atoms with Gasteiger partial charge in [0.05, 0.1) is 33.1 Å². The molecule has 0 radical (unpaired) electrons. The molecule has 0 unspecified atom stereocenters. The molecule has 0 saturated carbocycles. The van der Waals surface area contributed by atoms with Gasteiger partial charge in [-0.3, -0.25) is 0 Å². The molecule has 3 rings (SSSR count). The van der Waals surface area contributed by atoms with Crippen LogP contribution in [0, 0.1) is 6.92 Å². The number of methoxy groups -OCH3 is 2. The maximum absolute atomic E-state index is 9.37. The van der Waals surface area contributed by atoms with Crippen LogP contribution in [-0.4, -0.2) is 45.7 Å². The van der Waals surface area contributed by atoms with Crippen molar-refractivity contribution in [2.45, 2.75) is 33.2 Å². The van der Waals surface area contributed by atoms with Gasteiger partial charge in [0.2, 0.25) is 0 Å². The summed E-state index contributed by atoms with van der Waals surface area (Å²) >= 11 is 0. The second-order valence-corrected chi connectivity index (χ2v) is 6.04. The monoisotopic (exact) mass is 372 g/mol. The molecule has 3 aromatic rings. The van der Waals surface area contributed by atoms with Crippen LogP contribution in [0.2, 0.25) is 0 Å². The molecule has 0 aliphatic rings. The highest BCUT2D eigenvalue weighted by atomic mass is 16.5. The van der Waals surface area contributed by atoms with Gasteiger partial charge in [0.15, 0.2) is 34.8 Å². The zero-order chi connectivity index (χ0) is 19.4. The van der Waals surface area contributed by atoms with Crippen molar-refractivity contribution in [3.05, 3.63) is 41.2 Å². The van der Waals surface area contributed by atoms with E-state index < -0.39 is 0 Å². The summed E-state index contributed by atoms with van der Waals surface area (Å²) in [6.07, 6.45) is 1.22. The summed E-state index contributed by atoms with van der Waals surface area (Å²) in [5, 5.41) is 13.9. The molecule has 0 atom stereocenters. The largest absolute Gasteiger partial charge is 0.493 e. The van der Waals surface area contributed by atoms with Crippen LogP contribution >= 0.6 is 0 Å². The zero-order valence-electron chi connectivity index (χ0n) is 16.0. The van der Waals surface area contributed by atoms with Gasteiger partial charge in [-0.2, -0.15) is 5.10 Å². The Kier molecular flexibility index (Phi) is 5.75. The Morgan fingerprint density at radius 2 is 1.93 bits per heavy atom. The van der Waals surface area contributed by atoms with Crippen molar-refractivity contribution in [2.24, 2.45) is 0 Å². The molecule has 0 aliphatic carbocycles. The molecule has 1 aromatic carbocycles. The van der Waals surface area contributed by atoms with E-state index in [-0.39, 0.29) is 6.61 Å². The predicted octanol–water partition coefficient (Wildman–Crippen LogP) is 2.40. The van der Waals surface area contributed by atoms with Gasteiger partial charge in [-0.05, 0) is 24.6 Å². The Labute approximate surface area is 157 Å². The average molecular weight is 372 g/mol. The number of hydrogen-bond donors (Lipinski definition) is 1. The smallest absolute Gasteiger partial charge is 0.196 e. The summed E-state index contributed by atoms with van der Waals surface area (Å²) in [6.45, 7) is 4.15. The summed E-state index contributed by atoms with van der Waals surface area (Å²) in [4.78, 5) is 9.04. The van der Waals surface area contributed by atoms with Crippen LogP contribution in [0.3, 0.4) is 0 Å². The van der Waals surface area contributed by atoms with Crippen LogP contribution in [0.1, 0.15) is 29.9 Å². The second-order valence-electron chi connectivity index (χ2n) is 6.04. The number of benzene rings is 1. The number of aryl methyl sites for hydroxylation is 2. The first-order valence-corrected chi connectivity index (χ1v) is 8.81. The van der Waals surface area contributed by atoms with Gasteiger partial charge in [-0.15, -0.1) is 0 Å². The number of hydrogen-bond acceptors (Lipinski definition) is 7. The SMILES string of the molecule is CCc1nc(C)c(-c2nc(Cc3ccc(OC)c(OC)c3)nn2CCO)o1. The molecular formula is C19H24N4O4. The van der Waals surface area contributed by atoms with Crippen molar-refractivity contribution in [1.29, 1.82) is 0 Å². The minimum Gasteiger partial charge on any atom is -0.493 e. The van der Waals surface area contributed by atoms with Crippen LogP contribution in [-0.2, 0) is 19.4 Å². The number of oxazole rings is 1. The lowest BCUT2D eigenvalue weighted by Gasteiger charge is -2.08. The first-order valence-electron chi connectivity index (χ1n) is 8.81. The van der Waals surface area contributed by atoms with Gasteiger partial charge >= 0.3 is 0 Å². The molecule has 0 spiro atoms. The molecule has 0 saturated heterocycles. The zero-order valence-corrected chi connectivity index (χ0v) is 16.0. The molecule has 0 amide bonds. The lowest BCUT2D eigenvalue weighted by molar-refractivity contribution is 0.269. The van der Waals surface area contributed by atoms with E-state index in [0.717, 1.165) is 11.3 Å². The Bertz CT molecular complexity index is 917. The summed E-state index contributed by atoms with van der Waals surface area (Å²) in [5.74, 6) is 3.77. The molecule has 2 aromatic heterocycles. The van der Waals surface area contributed by atoms with E-state index in [1.807, 2.05) is 32.0 Å². The Morgan fingerprint density at radius 3 is 2.56 bits per heavy atom. The molecule has 8 nitrogen and oxygen atoms in total. The van der Waals surface area contributed by atoms with Crippen LogP contribution < -0.4 is 9.47 Å². The molecule has 2 heterocycles. The lowest BCUT2D eigenvalue weighted by atomic mass is 10.1. The van der Waals surface area contributed by atoms with E-state index in [1.165, 1.54) is 0 Å². The molecule has 0 aliphatic heterocycles. The molecule has 8 heteroatoms. The summed E-state index contributed by atoms with van der Waals surface area (Å²) in [6, 6.07) is 5.71. The van der Waals surface area contributed by atoms with E-state index >= 15 is 0 Å². The molecule has 27 heavy (non-hydrogen) atoms. The van der Waals surface area contributed by atoms with E-state index in [9.17, 15) is 5.11 Å². The number of aromatic nitrogens is 4. The first kappa shape index (κ1) is 18.9. The lowest BCUT2D eigenvalue weighted by Crippen LogP contribution is -2.06. The fourth-order valence-corrected chi connectivity index (χ4v) is 2.87. The molecule has 0 bridgehead atoms. The maximum atomic E-state index is 9.37. The summed E-state index contributed by atoms with van der Waals surface area (Å²) in [5.41, 5.74) is 1.75. The van der Waals surface area contributed by atoms with Crippen LogP contribution in [0.15, 0.2) is 22.6 Å². The first-order chi connectivity index (χ1) is 13.1. The summed E-state index contributed by atoms with van der Waals surface area (Å²) in [7, 11) is 3.21. The average Bonchev–Trinajstić information content (AvgIpc) is 3.24. The Balaban J connectivity index is 1.94. The highest BCUT2D eigenvalue weighted by Crippen LogP contribution is 2.29. The Hall–Kier alpha value is -2.87. The van der Waals surface area contributed by atoms with Crippen molar-refractivity contribution in [2.75, 3.05) is 20.8 Å². The number of ether oxygens (including phenoxy) is 2. The highest BCUT2D eigenvalue weighted by Gasteiger charge is 2.19. The third kappa shape index (κ3) is 3.95. The van der Waals surface area contributed by atoms with Crippen molar-refractivity contribution in [1.82, 2.24) is 19.7 Å². The third-order valence-corrected chi connectivity index (χ3v) is 4.18. The quantitative estimate of drug-likeness (QED) is 0.649. The molecule has 0 fully saturated rings. The van der Waals surface area contributed by atoms with Gasteiger partial charge in [0.25, 0.3) is 0 Å². The second kappa shape index (κ2) is 8.22. The standard InChI is InChI=1S/C19H24N4O4/c1-5-17-20-12(2)18(27-17)19-21-16(22-23(19)8-9-24)11-13-6-7-14(25-3)15(10-13)26-4/h6-7,10,24H,5,8-9,11H2,1-4H3. The van der Waals surface area contributed by atoms with Crippen molar-refractivity contribution < 1.29 is 19.0 Å². The van der Waals surface area contributed by atoms with Crippen molar-refractivity contribution in [3.63, 3.8) is 0 Å². The number of nitrogens with zero attached hydrogens (tertiary/aromatic N) is 4. The van der Waals surface area contributed by atoms with E-state index in [1.54, 1.807) is 18.9 Å². The topological polar surface area (TPSA) is 95.4 Å². The highest BCUT2D eigenvalue weighted by molar-refractivity contribution is 5.51. The van der Waals surface area contributed by atoms with Gasteiger partial charge in [0, 0.05) is 12.8 Å². The normalized spacial score (nSPS) is 11.0. The van der Waals surface area contributed by atoms with E-state index in [4.69, 9.17) is 13.9 Å². The van der Waals surface area contributed by atoms with Gasteiger partial charge in [0.1, 0.15) is 0 Å². The molecule has 1 N–H and O–H groups in total. The van der Waals surface area contributed by atoms with Crippen LogP contribution in [0.25, 0.3) is 11.6 Å². The fraction of sp³-hybridized carbons (Fsp3) is 0.421. The van der Waals surface area contributed by atoms with E-state index in [2.05, 4.69) is 15.1 Å². The third-order valence-electron chi connectivity index (χ3n) is 4.18. The molecular weight excluding hydrogens is 348 g/mol. The summed E-state index contributed by atoms with van der Waals surface area (Å²) < 4.78 is 18.1. The van der Waals surface area contributed by atoms with Gasteiger partial charge in [-0.25, -0.2) is 14.6 Å². The minimum atomic E-state index is -0.0417. The van der Waals surface area contributed by atoms with Gasteiger partial charge in [-0.1, -0.05) is 13.0 Å². The van der Waals surface area contributed by atoms with Crippen molar-refractivity contribution >= 4 is 0 Å². The minimum absolute atomic E-state index is 0.0417. The van der Waals surface area contributed by atoms with Crippen LogP contribution in [0.4, 0.5) is 0 Å².